The molecular formula is C24H21ClFNO4. The van der Waals surface area contributed by atoms with E-state index in [0.29, 0.717) is 29.4 Å². The maximum atomic E-state index is 14.8. The van der Waals surface area contributed by atoms with Gasteiger partial charge >= 0.3 is 5.97 Å². The minimum absolute atomic E-state index is 0.00958. The van der Waals surface area contributed by atoms with Gasteiger partial charge in [0.1, 0.15) is 11.6 Å². The van der Waals surface area contributed by atoms with Crippen molar-refractivity contribution in [2.75, 3.05) is 11.9 Å². The van der Waals surface area contributed by atoms with E-state index in [1.807, 2.05) is 19.9 Å². The van der Waals surface area contributed by atoms with Crippen LogP contribution in [0.4, 0.5) is 10.1 Å². The fourth-order valence-electron chi connectivity index (χ4n) is 2.94. The molecule has 0 spiro atoms. The summed E-state index contributed by atoms with van der Waals surface area (Å²) in [5, 5.41) is 11.6. The number of halogens is 2. The lowest BCUT2D eigenvalue weighted by molar-refractivity contribution is 0.0692. The monoisotopic (exact) mass is 441 g/mol. The largest absolute Gasteiger partial charge is 0.493 e. The fraction of sp³-hybridized carbons (Fsp3) is 0.167. The number of carbonyl (C=O) groups is 2. The molecule has 0 saturated heterocycles. The average Bonchev–Trinajstić information content (AvgIpc) is 2.74. The van der Waals surface area contributed by atoms with Gasteiger partial charge in [0.05, 0.1) is 28.4 Å². The molecule has 7 heteroatoms. The van der Waals surface area contributed by atoms with E-state index in [4.69, 9.17) is 16.3 Å². The highest BCUT2D eigenvalue weighted by molar-refractivity contribution is 6.34. The molecule has 0 bridgehead atoms. The summed E-state index contributed by atoms with van der Waals surface area (Å²) in [4.78, 5) is 23.9. The summed E-state index contributed by atoms with van der Waals surface area (Å²) in [7, 11) is 0. The lowest BCUT2D eigenvalue weighted by Crippen LogP contribution is -2.17. The number of carboxylic acids is 1. The smallest absolute Gasteiger partial charge is 0.336 e. The van der Waals surface area contributed by atoms with Crippen LogP contribution in [0, 0.1) is 11.7 Å². The van der Waals surface area contributed by atoms with Crippen molar-refractivity contribution in [2.45, 2.75) is 13.8 Å². The third kappa shape index (κ3) is 5.41. The lowest BCUT2D eigenvalue weighted by Gasteiger charge is -2.13. The zero-order valence-electron chi connectivity index (χ0n) is 17.0. The predicted molar refractivity (Wildman–Crippen MR) is 119 cm³/mol. The van der Waals surface area contributed by atoms with E-state index in [-0.39, 0.29) is 21.8 Å². The number of nitrogens with one attached hydrogen (secondary N) is 1. The molecule has 0 unspecified atom stereocenters. The van der Waals surface area contributed by atoms with Crippen LogP contribution in [0.15, 0.2) is 60.7 Å². The Kier molecular flexibility index (Phi) is 6.92. The molecule has 1 amide bonds. The van der Waals surface area contributed by atoms with Gasteiger partial charge in [0, 0.05) is 0 Å². The van der Waals surface area contributed by atoms with Gasteiger partial charge in [-0.15, -0.1) is 0 Å². The second-order valence-electron chi connectivity index (χ2n) is 7.35. The van der Waals surface area contributed by atoms with E-state index < -0.39 is 17.7 Å². The van der Waals surface area contributed by atoms with Crippen molar-refractivity contribution in [3.8, 4) is 16.9 Å². The van der Waals surface area contributed by atoms with Crippen LogP contribution in [-0.2, 0) is 0 Å². The summed E-state index contributed by atoms with van der Waals surface area (Å²) in [6.07, 6.45) is 0. The van der Waals surface area contributed by atoms with Gasteiger partial charge in [0.15, 0.2) is 0 Å². The third-order valence-electron chi connectivity index (χ3n) is 4.43. The van der Waals surface area contributed by atoms with Crippen molar-refractivity contribution < 1.29 is 23.8 Å². The van der Waals surface area contributed by atoms with Gasteiger partial charge in [0.2, 0.25) is 0 Å². The van der Waals surface area contributed by atoms with E-state index in [1.54, 1.807) is 18.2 Å². The third-order valence-corrected chi connectivity index (χ3v) is 4.73. The Morgan fingerprint density at radius 2 is 1.74 bits per heavy atom. The Hall–Kier alpha value is -3.38. The van der Waals surface area contributed by atoms with E-state index in [2.05, 4.69) is 5.32 Å². The number of carboxylic acid groups (broad SMARTS) is 1. The van der Waals surface area contributed by atoms with Crippen LogP contribution in [0.1, 0.15) is 34.6 Å². The number of carbonyl (C=O) groups excluding carboxylic acids is 1. The van der Waals surface area contributed by atoms with Crippen molar-refractivity contribution >= 4 is 29.2 Å². The topological polar surface area (TPSA) is 75.6 Å². The van der Waals surface area contributed by atoms with Gasteiger partial charge in [-0.2, -0.15) is 0 Å². The predicted octanol–water partition coefficient (Wildman–Crippen LogP) is 6.13. The van der Waals surface area contributed by atoms with Gasteiger partial charge in [-0.25, -0.2) is 9.18 Å². The normalized spacial score (nSPS) is 10.7. The van der Waals surface area contributed by atoms with Crippen molar-refractivity contribution in [3.63, 3.8) is 0 Å². The van der Waals surface area contributed by atoms with Crippen LogP contribution < -0.4 is 10.1 Å². The van der Waals surface area contributed by atoms with Gasteiger partial charge in [-0.05, 0) is 53.4 Å². The quantitative estimate of drug-likeness (QED) is 0.462. The minimum Gasteiger partial charge on any atom is -0.493 e. The number of anilines is 1. The Balaban J connectivity index is 1.87. The molecule has 0 aromatic heterocycles. The van der Waals surface area contributed by atoms with Crippen LogP contribution in [-0.4, -0.2) is 23.6 Å². The average molecular weight is 442 g/mol. The maximum Gasteiger partial charge on any atom is 0.336 e. The number of hydrogen-bond acceptors (Lipinski definition) is 3. The van der Waals surface area contributed by atoms with Crippen LogP contribution in [0.5, 0.6) is 5.75 Å². The zero-order chi connectivity index (χ0) is 22.5. The van der Waals surface area contributed by atoms with Crippen molar-refractivity contribution in [1.82, 2.24) is 0 Å². The van der Waals surface area contributed by atoms with Crippen LogP contribution in [0.25, 0.3) is 11.1 Å². The molecule has 0 saturated carbocycles. The number of rotatable bonds is 7. The second kappa shape index (κ2) is 9.62. The molecule has 2 N–H and O–H groups in total. The summed E-state index contributed by atoms with van der Waals surface area (Å²) in [6, 6.07) is 15.7. The van der Waals surface area contributed by atoms with Gasteiger partial charge in [-0.1, -0.05) is 49.7 Å². The standard InChI is InChI=1S/C24H21ClFNO4/c1-14(2)13-31-17-7-5-6-15(10-17)16-11-20(25)22(21(26)12-16)27-23(28)18-8-3-4-9-19(18)24(29)30/h3-12,14H,13H2,1-2H3,(H,27,28)(H,29,30). The molecule has 31 heavy (non-hydrogen) atoms. The molecule has 0 atom stereocenters. The maximum absolute atomic E-state index is 14.8. The molecule has 0 radical (unpaired) electrons. The number of ether oxygens (including phenoxy) is 1. The van der Waals surface area contributed by atoms with E-state index in [0.717, 1.165) is 0 Å². The van der Waals surface area contributed by atoms with Crippen LogP contribution in [0.3, 0.4) is 0 Å². The first-order valence-electron chi connectivity index (χ1n) is 9.62. The molecule has 3 aromatic carbocycles. The minimum atomic E-state index is -1.26. The highest BCUT2D eigenvalue weighted by Crippen LogP contribution is 2.33. The first-order chi connectivity index (χ1) is 14.8. The SMILES string of the molecule is CC(C)COc1cccc(-c2cc(F)c(NC(=O)c3ccccc3C(=O)O)c(Cl)c2)c1. The summed E-state index contributed by atoms with van der Waals surface area (Å²) in [5.74, 6) is -1.74. The second-order valence-corrected chi connectivity index (χ2v) is 7.76. The Bertz CT molecular complexity index is 1110. The van der Waals surface area contributed by atoms with Crippen molar-refractivity contribution in [1.29, 1.82) is 0 Å². The highest BCUT2D eigenvalue weighted by Gasteiger charge is 2.19. The summed E-state index contributed by atoms with van der Waals surface area (Å²) < 4.78 is 20.6. The Morgan fingerprint density at radius 1 is 1.03 bits per heavy atom. The van der Waals surface area contributed by atoms with Gasteiger partial charge in [-0.3, -0.25) is 4.79 Å². The molecule has 0 heterocycles. The molecule has 0 aliphatic rings. The molecule has 3 rings (SSSR count). The molecule has 5 nitrogen and oxygen atoms in total. The summed E-state index contributed by atoms with van der Waals surface area (Å²) >= 11 is 6.26. The number of aromatic carboxylic acids is 1. The molecule has 0 fully saturated rings. The van der Waals surface area contributed by atoms with Gasteiger partial charge in [0.25, 0.3) is 5.91 Å². The van der Waals surface area contributed by atoms with E-state index in [1.165, 1.54) is 36.4 Å². The molecule has 160 valence electrons. The zero-order valence-corrected chi connectivity index (χ0v) is 17.7. The van der Waals surface area contributed by atoms with Crippen LogP contribution >= 0.6 is 11.6 Å². The first-order valence-corrected chi connectivity index (χ1v) is 10.00. The van der Waals surface area contributed by atoms with Crippen molar-refractivity contribution in [3.05, 3.63) is 82.6 Å². The Labute approximate surface area is 184 Å². The van der Waals surface area contributed by atoms with Gasteiger partial charge < -0.3 is 15.2 Å². The Morgan fingerprint density at radius 3 is 2.39 bits per heavy atom. The van der Waals surface area contributed by atoms with E-state index >= 15 is 0 Å². The number of amides is 1. The lowest BCUT2D eigenvalue weighted by atomic mass is 10.0. The summed E-state index contributed by atoms with van der Waals surface area (Å²) in [6.45, 7) is 4.64. The molecule has 3 aromatic rings. The molecular weight excluding hydrogens is 421 g/mol. The van der Waals surface area contributed by atoms with Crippen LogP contribution in [0.2, 0.25) is 5.02 Å². The van der Waals surface area contributed by atoms with Crippen molar-refractivity contribution in [2.24, 2.45) is 5.92 Å². The summed E-state index contributed by atoms with van der Waals surface area (Å²) in [5.41, 5.74) is 0.719. The molecule has 0 aliphatic heterocycles. The fourth-order valence-corrected chi connectivity index (χ4v) is 3.19. The highest BCUT2D eigenvalue weighted by atomic mass is 35.5. The van der Waals surface area contributed by atoms with E-state index in [9.17, 15) is 19.1 Å². The molecule has 0 aliphatic carbocycles. The first kappa shape index (κ1) is 22.3. The number of benzene rings is 3. The number of hydrogen-bond donors (Lipinski definition) is 2.